The Morgan fingerprint density at radius 1 is 1.23 bits per heavy atom. The summed E-state index contributed by atoms with van der Waals surface area (Å²) in [6.07, 6.45) is 1.60. The molecule has 0 fully saturated rings. The normalized spacial score (nSPS) is 11.0. The van der Waals surface area contributed by atoms with Gasteiger partial charge >= 0.3 is 5.76 Å². The molecule has 0 atom stereocenters. The Balaban J connectivity index is 1.69. The Bertz CT molecular complexity index is 1130. The Labute approximate surface area is 150 Å². The van der Waals surface area contributed by atoms with Gasteiger partial charge in [-0.1, -0.05) is 12.1 Å². The van der Waals surface area contributed by atoms with Gasteiger partial charge in [-0.05, 0) is 35.9 Å². The minimum atomic E-state index is -0.540. The van der Waals surface area contributed by atoms with Gasteiger partial charge in [0.1, 0.15) is 5.82 Å². The van der Waals surface area contributed by atoms with E-state index in [1.54, 1.807) is 41.9 Å². The van der Waals surface area contributed by atoms with Gasteiger partial charge in [-0.25, -0.2) is 14.2 Å². The standard InChI is InChI=1S/C18H12FN3O3S/c19-13-4-1-11(2-5-13)10-22-14-9-12(3-6-15(14)25-18(22)24)16(23)21-17-20-7-8-26-17/h1-9H,10H2,(H,20,21,23). The van der Waals surface area contributed by atoms with E-state index < -0.39 is 5.76 Å². The lowest BCUT2D eigenvalue weighted by Crippen LogP contribution is -2.15. The van der Waals surface area contributed by atoms with E-state index in [-0.39, 0.29) is 18.3 Å². The third-order valence-corrected chi connectivity index (χ3v) is 4.52. The molecule has 1 amide bonds. The second kappa shape index (κ2) is 6.57. The number of aromatic nitrogens is 2. The fourth-order valence-corrected chi connectivity index (χ4v) is 3.10. The fraction of sp³-hybridized carbons (Fsp3) is 0.0556. The molecule has 4 aromatic rings. The van der Waals surface area contributed by atoms with Crippen LogP contribution >= 0.6 is 11.3 Å². The number of fused-ring (bicyclic) bond motifs is 1. The molecule has 0 aliphatic rings. The van der Waals surface area contributed by atoms with Gasteiger partial charge in [0.05, 0.1) is 12.1 Å². The molecule has 6 nitrogen and oxygen atoms in total. The minimum absolute atomic E-state index is 0.212. The van der Waals surface area contributed by atoms with Gasteiger partial charge in [0.2, 0.25) is 0 Å². The first-order chi connectivity index (χ1) is 12.6. The second-order valence-electron chi connectivity index (χ2n) is 5.55. The number of amides is 1. The van der Waals surface area contributed by atoms with E-state index in [9.17, 15) is 14.0 Å². The number of rotatable bonds is 4. The highest BCUT2D eigenvalue weighted by Gasteiger charge is 2.14. The number of nitrogens with zero attached hydrogens (tertiary/aromatic N) is 2. The van der Waals surface area contributed by atoms with Crippen molar-refractivity contribution in [2.75, 3.05) is 5.32 Å². The van der Waals surface area contributed by atoms with Crippen molar-refractivity contribution in [2.45, 2.75) is 6.54 Å². The average molecular weight is 369 g/mol. The molecule has 2 aromatic heterocycles. The van der Waals surface area contributed by atoms with Crippen molar-refractivity contribution in [3.8, 4) is 0 Å². The molecule has 8 heteroatoms. The zero-order valence-corrected chi connectivity index (χ0v) is 14.1. The highest BCUT2D eigenvalue weighted by Crippen LogP contribution is 2.18. The van der Waals surface area contributed by atoms with Crippen LogP contribution in [0.2, 0.25) is 0 Å². The van der Waals surface area contributed by atoms with Crippen LogP contribution in [-0.4, -0.2) is 15.5 Å². The van der Waals surface area contributed by atoms with Crippen molar-refractivity contribution in [2.24, 2.45) is 0 Å². The van der Waals surface area contributed by atoms with Crippen LogP contribution in [0.1, 0.15) is 15.9 Å². The van der Waals surface area contributed by atoms with Crippen LogP contribution in [0.25, 0.3) is 11.1 Å². The van der Waals surface area contributed by atoms with Crippen LogP contribution < -0.4 is 11.1 Å². The first-order valence-corrected chi connectivity index (χ1v) is 8.57. The maximum atomic E-state index is 13.1. The van der Waals surface area contributed by atoms with Gasteiger partial charge in [0.25, 0.3) is 5.91 Å². The summed E-state index contributed by atoms with van der Waals surface area (Å²) in [5.74, 6) is -1.22. The number of hydrogen-bond donors (Lipinski definition) is 1. The molecule has 26 heavy (non-hydrogen) atoms. The molecule has 0 aliphatic carbocycles. The highest BCUT2D eigenvalue weighted by atomic mass is 32.1. The Hall–Kier alpha value is -3.26. The van der Waals surface area contributed by atoms with Gasteiger partial charge in [-0.2, -0.15) is 0 Å². The number of thiazole rings is 1. The first-order valence-electron chi connectivity index (χ1n) is 7.69. The van der Waals surface area contributed by atoms with E-state index in [0.717, 1.165) is 5.56 Å². The third-order valence-electron chi connectivity index (χ3n) is 3.84. The summed E-state index contributed by atoms with van der Waals surface area (Å²) >= 11 is 1.31. The third kappa shape index (κ3) is 3.14. The molecule has 1 N–H and O–H groups in total. The summed E-state index contributed by atoms with van der Waals surface area (Å²) in [6.45, 7) is 0.212. The smallest absolute Gasteiger partial charge is 0.408 e. The number of carbonyl (C=O) groups is 1. The van der Waals surface area contributed by atoms with Gasteiger partial charge < -0.3 is 4.42 Å². The minimum Gasteiger partial charge on any atom is -0.408 e. The van der Waals surface area contributed by atoms with E-state index in [2.05, 4.69) is 10.3 Å². The molecule has 2 heterocycles. The highest BCUT2D eigenvalue weighted by molar-refractivity contribution is 7.13. The van der Waals surface area contributed by atoms with Crippen LogP contribution in [0.3, 0.4) is 0 Å². The van der Waals surface area contributed by atoms with Crippen LogP contribution in [0.15, 0.2) is 63.3 Å². The molecule has 0 radical (unpaired) electrons. The lowest BCUT2D eigenvalue weighted by atomic mass is 10.2. The van der Waals surface area contributed by atoms with Crippen LogP contribution in [0.5, 0.6) is 0 Å². The van der Waals surface area contributed by atoms with Crippen molar-refractivity contribution < 1.29 is 13.6 Å². The Morgan fingerprint density at radius 3 is 2.77 bits per heavy atom. The SMILES string of the molecule is O=C(Nc1nccs1)c1ccc2oc(=O)n(Cc3ccc(F)cc3)c2c1. The van der Waals surface area contributed by atoms with Crippen molar-refractivity contribution in [1.29, 1.82) is 0 Å². The van der Waals surface area contributed by atoms with Gasteiger partial charge in [0, 0.05) is 17.1 Å². The monoisotopic (exact) mass is 369 g/mol. The van der Waals surface area contributed by atoms with Crippen LogP contribution in [0.4, 0.5) is 9.52 Å². The summed E-state index contributed by atoms with van der Waals surface area (Å²) in [7, 11) is 0. The average Bonchev–Trinajstić information content (AvgIpc) is 3.24. The van der Waals surface area contributed by atoms with Gasteiger partial charge in [-0.3, -0.25) is 14.7 Å². The fourth-order valence-electron chi connectivity index (χ4n) is 2.58. The lowest BCUT2D eigenvalue weighted by molar-refractivity contribution is 0.102. The summed E-state index contributed by atoms with van der Waals surface area (Å²) < 4.78 is 19.7. The number of hydrogen-bond acceptors (Lipinski definition) is 5. The quantitative estimate of drug-likeness (QED) is 0.597. The first kappa shape index (κ1) is 16.2. The van der Waals surface area contributed by atoms with E-state index in [0.29, 0.717) is 21.8 Å². The summed E-state index contributed by atoms with van der Waals surface area (Å²) in [4.78, 5) is 28.5. The molecule has 0 saturated heterocycles. The summed E-state index contributed by atoms with van der Waals surface area (Å²) in [5, 5.41) is 4.94. The van der Waals surface area contributed by atoms with Crippen LogP contribution in [-0.2, 0) is 6.54 Å². The van der Waals surface area contributed by atoms with Crippen molar-refractivity contribution >= 4 is 33.5 Å². The summed E-state index contributed by atoms with van der Waals surface area (Å²) in [6, 6.07) is 10.6. The van der Waals surface area contributed by atoms with Gasteiger partial charge in [-0.15, -0.1) is 11.3 Å². The van der Waals surface area contributed by atoms with E-state index >= 15 is 0 Å². The molecule has 0 unspecified atom stereocenters. The molecule has 4 rings (SSSR count). The number of oxazole rings is 1. The predicted octanol–water partition coefficient (Wildman–Crippen LogP) is 3.49. The zero-order chi connectivity index (χ0) is 18.1. The topological polar surface area (TPSA) is 77.1 Å². The molecular weight excluding hydrogens is 357 g/mol. The zero-order valence-electron chi connectivity index (χ0n) is 13.3. The maximum Gasteiger partial charge on any atom is 0.420 e. The number of nitrogens with one attached hydrogen (secondary N) is 1. The maximum absolute atomic E-state index is 13.1. The number of carbonyl (C=O) groups excluding carboxylic acids is 1. The Kier molecular flexibility index (Phi) is 4.10. The van der Waals surface area contributed by atoms with Crippen LogP contribution in [0, 0.1) is 5.82 Å². The van der Waals surface area contributed by atoms with Crippen molar-refractivity contribution in [3.63, 3.8) is 0 Å². The molecule has 0 aliphatic heterocycles. The number of halogens is 1. The number of anilines is 1. The van der Waals surface area contributed by atoms with Crippen molar-refractivity contribution in [3.05, 3.63) is 81.5 Å². The van der Waals surface area contributed by atoms with Gasteiger partial charge in [0.15, 0.2) is 10.7 Å². The largest absolute Gasteiger partial charge is 0.420 e. The molecule has 0 spiro atoms. The van der Waals surface area contributed by atoms with Crippen molar-refractivity contribution in [1.82, 2.24) is 9.55 Å². The molecule has 130 valence electrons. The molecule has 0 bridgehead atoms. The lowest BCUT2D eigenvalue weighted by Gasteiger charge is -2.05. The Morgan fingerprint density at radius 2 is 2.04 bits per heavy atom. The molecular formula is C18H12FN3O3S. The van der Waals surface area contributed by atoms with E-state index in [4.69, 9.17) is 4.42 Å². The van der Waals surface area contributed by atoms with E-state index in [1.165, 1.54) is 28.0 Å². The van der Waals surface area contributed by atoms with E-state index in [1.807, 2.05) is 0 Å². The molecule has 0 saturated carbocycles. The number of benzene rings is 2. The molecule has 2 aromatic carbocycles. The predicted molar refractivity (Wildman–Crippen MR) is 96.0 cm³/mol. The second-order valence-corrected chi connectivity index (χ2v) is 6.45. The summed E-state index contributed by atoms with van der Waals surface area (Å²) in [5.41, 5.74) is 1.99.